The summed E-state index contributed by atoms with van der Waals surface area (Å²) in [7, 11) is 0. The Balaban J connectivity index is 1.10. The summed E-state index contributed by atoms with van der Waals surface area (Å²) in [6.07, 6.45) is 11.1. The van der Waals surface area contributed by atoms with Crippen LogP contribution >= 0.6 is 0 Å². The first-order chi connectivity index (χ1) is 19.2. The number of anilines is 1. The number of aliphatic hydroxyl groups excluding tert-OH is 1. The molecule has 210 valence electrons. The average Bonchev–Trinajstić information content (AvgIpc) is 3.51. The van der Waals surface area contributed by atoms with Crippen LogP contribution in [-0.2, 0) is 21.5 Å². The van der Waals surface area contributed by atoms with E-state index in [4.69, 9.17) is 5.10 Å². The van der Waals surface area contributed by atoms with Crippen LogP contribution in [0.2, 0.25) is 0 Å². The van der Waals surface area contributed by atoms with Crippen LogP contribution in [0.4, 0.5) is 5.69 Å². The first kappa shape index (κ1) is 25.7. The van der Waals surface area contributed by atoms with E-state index < -0.39 is 12.3 Å². The minimum atomic E-state index is -0.918. The lowest BCUT2D eigenvalue weighted by Crippen LogP contribution is -2.52. The zero-order valence-corrected chi connectivity index (χ0v) is 23.5. The normalized spacial score (nSPS) is 25.7. The first-order valence-corrected chi connectivity index (χ1v) is 14.8. The minimum Gasteiger partial charge on any atom is -0.369 e. The molecular formula is C32H39N5O3. The molecular weight excluding hydrogens is 502 g/mol. The number of nitrogens with zero attached hydrogens (tertiary/aromatic N) is 4. The predicted molar refractivity (Wildman–Crippen MR) is 154 cm³/mol. The summed E-state index contributed by atoms with van der Waals surface area (Å²) in [5, 5.41) is 20.6. The Hall–Kier alpha value is -3.23. The largest absolute Gasteiger partial charge is 0.369 e. The molecule has 2 amide bonds. The number of amides is 2. The van der Waals surface area contributed by atoms with Crippen molar-refractivity contribution < 1.29 is 14.7 Å². The smallest absolute Gasteiger partial charge is 0.249 e. The summed E-state index contributed by atoms with van der Waals surface area (Å²) in [5.74, 6) is -0.597. The SMILES string of the molecule is CC1(CN2CCC(C)(n3cc(Cc4ccc5c6c(cccc46)C(O)N5C4CCC(=O)NC4=O)cn3)CC2)CCC1. The molecule has 0 spiro atoms. The lowest BCUT2D eigenvalue weighted by molar-refractivity contribution is -0.134. The van der Waals surface area contributed by atoms with Crippen molar-refractivity contribution in [3.8, 4) is 0 Å². The van der Waals surface area contributed by atoms with E-state index in [0.29, 0.717) is 11.8 Å². The van der Waals surface area contributed by atoms with Crippen LogP contribution in [0.1, 0.15) is 81.7 Å². The number of carbonyl (C=O) groups excluding carboxylic acids is 2. The van der Waals surface area contributed by atoms with Crippen molar-refractivity contribution in [2.24, 2.45) is 5.41 Å². The summed E-state index contributed by atoms with van der Waals surface area (Å²) in [5.41, 5.74) is 4.57. The van der Waals surface area contributed by atoms with E-state index in [1.54, 1.807) is 4.90 Å². The molecule has 2 saturated heterocycles. The lowest BCUT2D eigenvalue weighted by Gasteiger charge is -2.46. The van der Waals surface area contributed by atoms with Crippen LogP contribution in [0.15, 0.2) is 42.7 Å². The molecule has 1 aliphatic carbocycles. The molecule has 2 aromatic carbocycles. The van der Waals surface area contributed by atoms with E-state index in [2.05, 4.69) is 47.1 Å². The minimum absolute atomic E-state index is 0.0316. The van der Waals surface area contributed by atoms with Gasteiger partial charge in [-0.25, -0.2) is 0 Å². The molecule has 2 N–H and O–H groups in total. The number of carbonyl (C=O) groups is 2. The summed E-state index contributed by atoms with van der Waals surface area (Å²) >= 11 is 0. The third-order valence-electron chi connectivity index (χ3n) is 10.2. The van der Waals surface area contributed by atoms with Gasteiger partial charge in [0.05, 0.1) is 11.7 Å². The van der Waals surface area contributed by atoms with E-state index in [1.165, 1.54) is 36.9 Å². The van der Waals surface area contributed by atoms with Crippen molar-refractivity contribution in [3.05, 3.63) is 59.4 Å². The maximum Gasteiger partial charge on any atom is 0.249 e. The van der Waals surface area contributed by atoms with Crippen LogP contribution < -0.4 is 10.2 Å². The van der Waals surface area contributed by atoms with Crippen LogP contribution in [0.3, 0.4) is 0 Å². The number of hydrogen-bond acceptors (Lipinski definition) is 6. The van der Waals surface area contributed by atoms with Gasteiger partial charge in [0.2, 0.25) is 11.8 Å². The van der Waals surface area contributed by atoms with Gasteiger partial charge in [-0.1, -0.05) is 37.6 Å². The molecule has 4 aliphatic rings. The number of hydrogen-bond donors (Lipinski definition) is 2. The third-order valence-corrected chi connectivity index (χ3v) is 10.2. The maximum absolute atomic E-state index is 12.7. The van der Waals surface area contributed by atoms with E-state index in [1.807, 2.05) is 24.4 Å². The number of rotatable bonds is 6. The number of likely N-dealkylation sites (tertiary alicyclic amines) is 1. The molecule has 7 rings (SSSR count). The van der Waals surface area contributed by atoms with Crippen molar-refractivity contribution >= 4 is 28.3 Å². The summed E-state index contributed by atoms with van der Waals surface area (Å²) < 4.78 is 2.19. The molecule has 3 aliphatic heterocycles. The predicted octanol–water partition coefficient (Wildman–Crippen LogP) is 4.24. The van der Waals surface area contributed by atoms with Gasteiger partial charge in [0.15, 0.2) is 6.23 Å². The number of aromatic nitrogens is 2. The Morgan fingerprint density at radius 1 is 1.07 bits per heavy atom. The van der Waals surface area contributed by atoms with Crippen molar-refractivity contribution in [1.29, 1.82) is 0 Å². The highest BCUT2D eigenvalue weighted by molar-refractivity contribution is 6.06. The Morgan fingerprint density at radius 3 is 2.60 bits per heavy atom. The highest BCUT2D eigenvalue weighted by atomic mass is 16.3. The molecule has 8 nitrogen and oxygen atoms in total. The van der Waals surface area contributed by atoms with Crippen molar-refractivity contribution in [3.63, 3.8) is 0 Å². The molecule has 2 unspecified atom stereocenters. The zero-order chi connectivity index (χ0) is 27.6. The molecule has 8 heteroatoms. The topological polar surface area (TPSA) is 90.7 Å². The van der Waals surface area contributed by atoms with Gasteiger partial charge in [-0.3, -0.25) is 19.6 Å². The molecule has 1 aromatic heterocycles. The quantitative estimate of drug-likeness (QED) is 0.454. The standard InChI is InChI=1S/C32H39N5O3/c1-31(11-4-12-31)20-35-15-13-32(2,14-16-35)36-19-21(18-33-36)17-22-7-8-25-28-23(22)5-3-6-24(28)30(40)37(25)26-9-10-27(38)34-29(26)39/h3,5-8,18-19,26,30,40H,4,9-17,20H2,1-2H3,(H,34,38,39). The van der Waals surface area contributed by atoms with Gasteiger partial charge in [0.1, 0.15) is 6.04 Å². The van der Waals surface area contributed by atoms with Crippen LogP contribution in [0.25, 0.3) is 10.8 Å². The second kappa shape index (κ2) is 9.42. The molecule has 4 heterocycles. The summed E-state index contributed by atoms with van der Waals surface area (Å²) in [6, 6.07) is 9.56. The first-order valence-electron chi connectivity index (χ1n) is 14.8. The van der Waals surface area contributed by atoms with Crippen LogP contribution in [0.5, 0.6) is 0 Å². The molecule has 40 heavy (non-hydrogen) atoms. The molecule has 2 atom stereocenters. The fourth-order valence-corrected chi connectivity index (χ4v) is 7.49. The van der Waals surface area contributed by atoms with Gasteiger partial charge in [-0.05, 0) is 67.0 Å². The van der Waals surface area contributed by atoms with Crippen molar-refractivity contribution in [2.45, 2.75) is 83.0 Å². The second-order valence-electron chi connectivity index (χ2n) is 13.2. The van der Waals surface area contributed by atoms with Gasteiger partial charge in [-0.2, -0.15) is 5.10 Å². The fourth-order valence-electron chi connectivity index (χ4n) is 7.49. The number of aliphatic hydroxyl groups is 1. The highest BCUT2D eigenvalue weighted by Gasteiger charge is 2.41. The van der Waals surface area contributed by atoms with Gasteiger partial charge < -0.3 is 14.9 Å². The summed E-state index contributed by atoms with van der Waals surface area (Å²) in [4.78, 5) is 28.8. The van der Waals surface area contributed by atoms with Gasteiger partial charge in [0, 0.05) is 55.3 Å². The highest BCUT2D eigenvalue weighted by Crippen LogP contribution is 2.46. The Morgan fingerprint density at radius 2 is 1.88 bits per heavy atom. The van der Waals surface area contributed by atoms with Gasteiger partial charge >= 0.3 is 0 Å². The molecule has 1 saturated carbocycles. The Kier molecular flexibility index (Phi) is 6.05. The lowest BCUT2D eigenvalue weighted by atomic mass is 9.70. The van der Waals surface area contributed by atoms with Crippen LogP contribution in [0, 0.1) is 5.41 Å². The Bertz CT molecular complexity index is 1480. The number of imide groups is 1. The van der Waals surface area contributed by atoms with Crippen molar-refractivity contribution in [1.82, 2.24) is 20.0 Å². The van der Waals surface area contributed by atoms with E-state index >= 15 is 0 Å². The van der Waals surface area contributed by atoms with E-state index in [9.17, 15) is 14.7 Å². The number of piperidine rings is 2. The summed E-state index contributed by atoms with van der Waals surface area (Å²) in [6.45, 7) is 8.27. The van der Waals surface area contributed by atoms with Crippen molar-refractivity contribution in [2.75, 3.05) is 24.5 Å². The maximum atomic E-state index is 12.7. The number of nitrogens with one attached hydrogen (secondary N) is 1. The third kappa shape index (κ3) is 4.23. The molecule has 3 fully saturated rings. The second-order valence-corrected chi connectivity index (χ2v) is 13.2. The van der Waals surface area contributed by atoms with Gasteiger partial charge in [0.25, 0.3) is 0 Å². The average molecular weight is 542 g/mol. The fraction of sp³-hybridized carbons (Fsp3) is 0.531. The Labute approximate surface area is 235 Å². The molecule has 0 radical (unpaired) electrons. The number of benzene rings is 2. The zero-order valence-electron chi connectivity index (χ0n) is 23.5. The van der Waals surface area contributed by atoms with Crippen LogP contribution in [-0.4, -0.2) is 57.3 Å². The monoisotopic (exact) mass is 541 g/mol. The van der Waals surface area contributed by atoms with Gasteiger partial charge in [-0.15, -0.1) is 0 Å². The molecule has 3 aromatic rings. The van der Waals surface area contributed by atoms with E-state index in [0.717, 1.165) is 54.4 Å². The van der Waals surface area contributed by atoms with E-state index in [-0.39, 0.29) is 23.8 Å². The molecule has 0 bridgehead atoms.